The lowest BCUT2D eigenvalue weighted by molar-refractivity contribution is -0.105. The van der Waals surface area contributed by atoms with Crippen molar-refractivity contribution in [1.29, 1.82) is 0 Å². The van der Waals surface area contributed by atoms with E-state index in [1.807, 2.05) is 42.5 Å². The summed E-state index contributed by atoms with van der Waals surface area (Å²) in [7, 11) is -3.21. The zero-order valence-electron chi connectivity index (χ0n) is 13.2. The van der Waals surface area contributed by atoms with Gasteiger partial charge in [0.15, 0.2) is 9.84 Å². The van der Waals surface area contributed by atoms with E-state index in [9.17, 15) is 13.2 Å². The predicted molar refractivity (Wildman–Crippen MR) is 106 cm³/mol. The monoisotopic (exact) mass is 435 g/mol. The highest BCUT2D eigenvalue weighted by molar-refractivity contribution is 9.11. The molecule has 1 N–H and O–H groups in total. The lowest BCUT2D eigenvalue weighted by Gasteiger charge is -2.07. The molecule has 0 atom stereocenters. The topological polar surface area (TPSA) is 63.2 Å². The minimum atomic E-state index is -3.21. The number of halogens is 1. The van der Waals surface area contributed by atoms with Gasteiger partial charge in [0.05, 0.1) is 8.68 Å². The highest BCUT2D eigenvalue weighted by Crippen LogP contribution is 2.41. The molecule has 0 aliphatic carbocycles. The number of amides is 1. The van der Waals surface area contributed by atoms with Gasteiger partial charge >= 0.3 is 0 Å². The van der Waals surface area contributed by atoms with Crippen LogP contribution in [0.2, 0.25) is 0 Å². The van der Waals surface area contributed by atoms with Crippen molar-refractivity contribution >= 4 is 49.2 Å². The minimum absolute atomic E-state index is 0.302. The molecule has 0 aliphatic rings. The SMILES string of the molecule is CS(=O)(=O)c1ccc(-c2cc(Br)sc2-c2ccc(NC=O)cc2)cc1. The van der Waals surface area contributed by atoms with Crippen LogP contribution in [0.25, 0.3) is 21.6 Å². The Morgan fingerprint density at radius 1 is 1.00 bits per heavy atom. The van der Waals surface area contributed by atoms with Gasteiger partial charge in [0.25, 0.3) is 0 Å². The van der Waals surface area contributed by atoms with Crippen LogP contribution in [0.4, 0.5) is 5.69 Å². The van der Waals surface area contributed by atoms with Gasteiger partial charge in [-0.05, 0) is 57.4 Å². The van der Waals surface area contributed by atoms with Crippen LogP contribution in [0.3, 0.4) is 0 Å². The number of sulfone groups is 1. The maximum atomic E-state index is 11.6. The molecule has 0 aliphatic heterocycles. The van der Waals surface area contributed by atoms with E-state index in [0.717, 1.165) is 31.0 Å². The van der Waals surface area contributed by atoms with Crippen LogP contribution in [-0.4, -0.2) is 21.1 Å². The second-order valence-electron chi connectivity index (χ2n) is 5.43. The number of hydrogen-bond donors (Lipinski definition) is 1. The number of thiophene rings is 1. The van der Waals surface area contributed by atoms with E-state index in [-0.39, 0.29) is 0 Å². The third-order valence-electron chi connectivity index (χ3n) is 3.67. The minimum Gasteiger partial charge on any atom is -0.329 e. The predicted octanol–water partition coefficient (Wildman–Crippen LogP) is 4.82. The molecule has 1 heterocycles. The van der Waals surface area contributed by atoms with E-state index >= 15 is 0 Å². The second kappa shape index (κ2) is 7.11. The fourth-order valence-corrected chi connectivity index (χ4v) is 4.71. The molecule has 7 heteroatoms. The fourth-order valence-electron chi connectivity index (χ4n) is 2.46. The Kier molecular flexibility index (Phi) is 5.08. The van der Waals surface area contributed by atoms with Crippen LogP contribution < -0.4 is 5.32 Å². The van der Waals surface area contributed by atoms with E-state index < -0.39 is 9.84 Å². The summed E-state index contributed by atoms with van der Waals surface area (Å²) >= 11 is 5.13. The second-order valence-corrected chi connectivity index (χ2v) is 9.88. The molecule has 0 saturated carbocycles. The number of nitrogens with one attached hydrogen (secondary N) is 1. The van der Waals surface area contributed by atoms with Crippen LogP contribution in [0.15, 0.2) is 63.3 Å². The Morgan fingerprint density at radius 2 is 1.60 bits per heavy atom. The first-order valence-corrected chi connectivity index (χ1v) is 10.8. The average Bonchev–Trinajstić information content (AvgIpc) is 2.97. The summed E-state index contributed by atoms with van der Waals surface area (Å²) in [6.45, 7) is 0. The molecule has 4 nitrogen and oxygen atoms in total. The summed E-state index contributed by atoms with van der Waals surface area (Å²) in [6, 6.07) is 16.5. The molecule has 0 saturated heterocycles. The quantitative estimate of drug-likeness (QED) is 0.584. The molecule has 128 valence electrons. The van der Waals surface area contributed by atoms with Gasteiger partial charge in [-0.3, -0.25) is 4.79 Å². The Morgan fingerprint density at radius 3 is 2.16 bits per heavy atom. The lowest BCUT2D eigenvalue weighted by Crippen LogP contribution is -1.96. The van der Waals surface area contributed by atoms with Crippen molar-refractivity contribution in [2.75, 3.05) is 11.6 Å². The molecule has 3 rings (SSSR count). The van der Waals surface area contributed by atoms with Gasteiger partial charge in [-0.1, -0.05) is 24.3 Å². The number of benzene rings is 2. The summed E-state index contributed by atoms with van der Waals surface area (Å²) in [4.78, 5) is 11.9. The number of anilines is 1. The Balaban J connectivity index is 2.02. The van der Waals surface area contributed by atoms with Crippen LogP contribution in [-0.2, 0) is 14.6 Å². The van der Waals surface area contributed by atoms with Crippen molar-refractivity contribution in [1.82, 2.24) is 0 Å². The lowest BCUT2D eigenvalue weighted by atomic mass is 10.0. The van der Waals surface area contributed by atoms with Crippen LogP contribution >= 0.6 is 27.3 Å². The zero-order valence-corrected chi connectivity index (χ0v) is 16.4. The fraction of sp³-hybridized carbons (Fsp3) is 0.0556. The van der Waals surface area contributed by atoms with E-state index in [4.69, 9.17) is 0 Å². The third-order valence-corrected chi connectivity index (χ3v) is 6.48. The number of carbonyl (C=O) groups excluding carboxylic acids is 1. The van der Waals surface area contributed by atoms with Crippen molar-refractivity contribution < 1.29 is 13.2 Å². The van der Waals surface area contributed by atoms with Gasteiger partial charge in [0, 0.05) is 22.4 Å². The van der Waals surface area contributed by atoms with Crippen molar-refractivity contribution in [3.63, 3.8) is 0 Å². The normalized spacial score (nSPS) is 11.3. The first-order chi connectivity index (χ1) is 11.9. The summed E-state index contributed by atoms with van der Waals surface area (Å²) in [6.07, 6.45) is 1.84. The van der Waals surface area contributed by atoms with Crippen LogP contribution in [0.5, 0.6) is 0 Å². The summed E-state index contributed by atoms with van der Waals surface area (Å²) in [5.74, 6) is 0. The highest BCUT2D eigenvalue weighted by atomic mass is 79.9. The Hall–Kier alpha value is -1.96. The number of hydrogen-bond acceptors (Lipinski definition) is 4. The highest BCUT2D eigenvalue weighted by Gasteiger charge is 2.13. The Labute approximate surface area is 158 Å². The van der Waals surface area contributed by atoms with Crippen molar-refractivity contribution in [3.05, 3.63) is 58.4 Å². The summed E-state index contributed by atoms with van der Waals surface area (Å²) in [5.41, 5.74) is 3.72. The van der Waals surface area contributed by atoms with Gasteiger partial charge in [-0.25, -0.2) is 8.42 Å². The van der Waals surface area contributed by atoms with Gasteiger partial charge in [-0.2, -0.15) is 0 Å². The smallest absolute Gasteiger partial charge is 0.211 e. The molecule has 25 heavy (non-hydrogen) atoms. The maximum Gasteiger partial charge on any atom is 0.211 e. The Bertz CT molecular complexity index is 1010. The molecule has 0 bridgehead atoms. The third kappa shape index (κ3) is 4.00. The molecule has 3 aromatic rings. The van der Waals surface area contributed by atoms with E-state index in [0.29, 0.717) is 11.3 Å². The van der Waals surface area contributed by atoms with Crippen LogP contribution in [0, 0.1) is 0 Å². The molecule has 1 aromatic heterocycles. The van der Waals surface area contributed by atoms with E-state index in [1.54, 1.807) is 23.5 Å². The molecule has 0 radical (unpaired) electrons. The molecule has 0 fully saturated rings. The van der Waals surface area contributed by atoms with Gasteiger partial charge in [0.1, 0.15) is 0 Å². The average molecular weight is 436 g/mol. The first-order valence-electron chi connectivity index (χ1n) is 7.29. The molecular weight excluding hydrogens is 422 g/mol. The molecular formula is C18H14BrNO3S2. The van der Waals surface area contributed by atoms with Gasteiger partial charge < -0.3 is 5.32 Å². The standard InChI is InChI=1S/C18H14BrNO3S2/c1-25(22,23)15-8-4-12(5-9-15)16-10-17(19)24-18(16)13-2-6-14(7-3-13)20-11-21/h2-11H,1H3,(H,20,21). The maximum absolute atomic E-state index is 11.6. The van der Waals surface area contributed by atoms with Gasteiger partial charge in [0.2, 0.25) is 6.41 Å². The molecule has 0 unspecified atom stereocenters. The number of rotatable bonds is 5. The summed E-state index contributed by atoms with van der Waals surface area (Å²) < 4.78 is 24.2. The van der Waals surface area contributed by atoms with Crippen molar-refractivity contribution in [2.24, 2.45) is 0 Å². The number of carbonyl (C=O) groups is 1. The van der Waals surface area contributed by atoms with Crippen molar-refractivity contribution in [3.8, 4) is 21.6 Å². The van der Waals surface area contributed by atoms with Crippen LogP contribution in [0.1, 0.15) is 0 Å². The van der Waals surface area contributed by atoms with Gasteiger partial charge in [-0.15, -0.1) is 11.3 Å². The van der Waals surface area contributed by atoms with E-state index in [1.165, 1.54) is 6.26 Å². The zero-order chi connectivity index (χ0) is 18.0. The molecule has 0 spiro atoms. The largest absolute Gasteiger partial charge is 0.329 e. The summed E-state index contributed by atoms with van der Waals surface area (Å²) in [5, 5.41) is 2.61. The first kappa shape index (κ1) is 17.8. The molecule has 2 aromatic carbocycles. The van der Waals surface area contributed by atoms with Crippen molar-refractivity contribution in [2.45, 2.75) is 4.90 Å². The molecule has 1 amide bonds. The van der Waals surface area contributed by atoms with E-state index in [2.05, 4.69) is 21.2 Å².